The highest BCUT2D eigenvalue weighted by molar-refractivity contribution is 6.40. The molecule has 2 aliphatic heterocycles. The van der Waals surface area contributed by atoms with Crippen LogP contribution in [0.1, 0.15) is 40.0 Å². The Labute approximate surface area is 273 Å². The van der Waals surface area contributed by atoms with Gasteiger partial charge in [0.1, 0.15) is 0 Å². The summed E-state index contributed by atoms with van der Waals surface area (Å²) in [6, 6.07) is 30.1. The Bertz CT molecular complexity index is 1660. The first kappa shape index (κ1) is 31.3. The molecule has 2 amide bonds. The summed E-state index contributed by atoms with van der Waals surface area (Å²) < 4.78 is 0. The lowest BCUT2D eigenvalue weighted by Crippen LogP contribution is -2.55. The highest BCUT2D eigenvalue weighted by Crippen LogP contribution is 2.26. The van der Waals surface area contributed by atoms with Gasteiger partial charge in [-0.3, -0.25) is 24.1 Å². The SMILES string of the molecule is O=C(CC(=O)c1ccc(Cl)cc1)C(=O)N1CCC(N2CCN(C(=O)c3cc(-c4ccccc4)nc(-c4ccccc4)c3)CC2)CC1. The van der Waals surface area contributed by atoms with Gasteiger partial charge in [-0.05, 0) is 49.2 Å². The number of Topliss-reactive ketones (excluding diaryl/α,β-unsaturated/α-hetero) is 2. The fourth-order valence-corrected chi connectivity index (χ4v) is 6.34. The van der Waals surface area contributed by atoms with E-state index in [0.29, 0.717) is 42.3 Å². The summed E-state index contributed by atoms with van der Waals surface area (Å²) in [7, 11) is 0. The summed E-state index contributed by atoms with van der Waals surface area (Å²) in [5, 5.41) is 0.499. The second-order valence-corrected chi connectivity index (χ2v) is 12.2. The Morgan fingerprint density at radius 1 is 0.652 bits per heavy atom. The third kappa shape index (κ3) is 7.25. The second kappa shape index (κ2) is 14.2. The highest BCUT2D eigenvalue weighted by Gasteiger charge is 2.33. The second-order valence-electron chi connectivity index (χ2n) is 11.7. The van der Waals surface area contributed by atoms with Crippen LogP contribution in [0.2, 0.25) is 5.02 Å². The highest BCUT2D eigenvalue weighted by atomic mass is 35.5. The minimum absolute atomic E-state index is 0.0107. The van der Waals surface area contributed by atoms with Gasteiger partial charge in [0.15, 0.2) is 5.78 Å². The molecule has 9 heteroatoms. The number of amides is 2. The minimum atomic E-state index is -0.688. The van der Waals surface area contributed by atoms with Crippen molar-refractivity contribution in [3.05, 3.63) is 113 Å². The van der Waals surface area contributed by atoms with Gasteiger partial charge in [-0.2, -0.15) is 0 Å². The van der Waals surface area contributed by atoms with Crippen molar-refractivity contribution in [2.24, 2.45) is 0 Å². The van der Waals surface area contributed by atoms with E-state index in [9.17, 15) is 19.2 Å². The van der Waals surface area contributed by atoms with E-state index in [4.69, 9.17) is 16.6 Å². The van der Waals surface area contributed by atoms with Crippen LogP contribution >= 0.6 is 11.6 Å². The molecule has 2 aliphatic rings. The smallest absolute Gasteiger partial charge is 0.290 e. The van der Waals surface area contributed by atoms with E-state index < -0.39 is 23.9 Å². The quantitative estimate of drug-likeness (QED) is 0.141. The number of aromatic nitrogens is 1. The molecule has 0 N–H and O–H groups in total. The normalized spacial score (nSPS) is 15.8. The zero-order valence-corrected chi connectivity index (χ0v) is 26.2. The van der Waals surface area contributed by atoms with E-state index in [1.807, 2.05) is 77.7 Å². The van der Waals surface area contributed by atoms with Crippen molar-refractivity contribution in [1.82, 2.24) is 19.7 Å². The minimum Gasteiger partial charge on any atom is -0.336 e. The molecule has 1 aromatic heterocycles. The number of halogens is 1. The number of carbonyl (C=O) groups excluding carboxylic acids is 4. The van der Waals surface area contributed by atoms with Gasteiger partial charge in [-0.1, -0.05) is 72.3 Å². The van der Waals surface area contributed by atoms with Crippen LogP contribution in [0.5, 0.6) is 0 Å². The van der Waals surface area contributed by atoms with Gasteiger partial charge in [-0.15, -0.1) is 0 Å². The van der Waals surface area contributed by atoms with E-state index >= 15 is 0 Å². The molecule has 6 rings (SSSR count). The van der Waals surface area contributed by atoms with Crippen molar-refractivity contribution in [2.75, 3.05) is 39.3 Å². The number of piperazine rings is 1. The van der Waals surface area contributed by atoms with Gasteiger partial charge in [0.2, 0.25) is 5.78 Å². The fourth-order valence-electron chi connectivity index (χ4n) is 6.21. The number of hydrogen-bond acceptors (Lipinski definition) is 6. The molecule has 0 atom stereocenters. The molecule has 234 valence electrons. The van der Waals surface area contributed by atoms with Gasteiger partial charge in [0, 0.05) is 72.6 Å². The maximum Gasteiger partial charge on any atom is 0.290 e. The topological polar surface area (TPSA) is 90.9 Å². The summed E-state index contributed by atoms with van der Waals surface area (Å²) in [5.74, 6) is -1.69. The Morgan fingerprint density at radius 3 is 1.74 bits per heavy atom. The van der Waals surface area contributed by atoms with Crippen molar-refractivity contribution < 1.29 is 19.2 Å². The summed E-state index contributed by atoms with van der Waals surface area (Å²) in [5.41, 5.74) is 4.42. The number of pyridine rings is 1. The van der Waals surface area contributed by atoms with Gasteiger partial charge >= 0.3 is 0 Å². The Hall–Kier alpha value is -4.66. The van der Waals surface area contributed by atoms with Crippen molar-refractivity contribution in [2.45, 2.75) is 25.3 Å². The molecule has 0 spiro atoms. The molecule has 3 aromatic carbocycles. The van der Waals surface area contributed by atoms with E-state index in [1.54, 1.807) is 29.2 Å². The third-order valence-electron chi connectivity index (χ3n) is 8.81. The first-order valence-corrected chi connectivity index (χ1v) is 16.0. The van der Waals surface area contributed by atoms with Crippen LogP contribution in [-0.2, 0) is 9.59 Å². The van der Waals surface area contributed by atoms with Crippen LogP contribution < -0.4 is 0 Å². The molecule has 0 saturated carbocycles. The van der Waals surface area contributed by atoms with Crippen LogP contribution in [0.4, 0.5) is 0 Å². The summed E-state index contributed by atoms with van der Waals surface area (Å²) in [6.07, 6.45) is 1.03. The lowest BCUT2D eigenvalue weighted by molar-refractivity contribution is -0.145. The van der Waals surface area contributed by atoms with Crippen LogP contribution in [0, 0.1) is 0 Å². The number of carbonyl (C=O) groups is 4. The maximum atomic E-state index is 13.8. The molecule has 0 bridgehead atoms. The lowest BCUT2D eigenvalue weighted by Gasteiger charge is -2.42. The van der Waals surface area contributed by atoms with Gasteiger partial charge in [-0.25, -0.2) is 4.98 Å². The molecule has 2 fully saturated rings. The molecule has 0 unspecified atom stereocenters. The predicted octanol–water partition coefficient (Wildman–Crippen LogP) is 5.66. The first-order valence-electron chi connectivity index (χ1n) is 15.6. The standard InChI is InChI=1S/C37H35ClN4O4/c38-30-13-11-28(12-14-30)34(43)25-35(44)37(46)41-17-15-31(16-18-41)40-19-21-42(22-20-40)36(45)29-23-32(26-7-3-1-4-8-26)39-33(24-29)27-9-5-2-6-10-27/h1-14,23-24,31H,15-22,25H2. The lowest BCUT2D eigenvalue weighted by atomic mass is 10.0. The molecule has 0 aliphatic carbocycles. The van der Waals surface area contributed by atoms with Gasteiger partial charge < -0.3 is 9.80 Å². The van der Waals surface area contributed by atoms with E-state index in [2.05, 4.69) is 4.90 Å². The van der Waals surface area contributed by atoms with Crippen LogP contribution in [0.15, 0.2) is 97.1 Å². The number of ketones is 2. The van der Waals surface area contributed by atoms with Crippen molar-refractivity contribution in [3.63, 3.8) is 0 Å². The number of hydrogen-bond donors (Lipinski definition) is 0. The molecular formula is C37H35ClN4O4. The van der Waals surface area contributed by atoms with Crippen LogP contribution in [0.3, 0.4) is 0 Å². The van der Waals surface area contributed by atoms with E-state index in [-0.39, 0.29) is 11.9 Å². The average molecular weight is 635 g/mol. The first-order chi connectivity index (χ1) is 22.4. The number of nitrogens with zero attached hydrogens (tertiary/aromatic N) is 4. The molecule has 2 saturated heterocycles. The summed E-state index contributed by atoms with van der Waals surface area (Å²) in [6.45, 7) is 3.61. The van der Waals surface area contributed by atoms with Crippen molar-refractivity contribution >= 4 is 35.0 Å². The molecule has 46 heavy (non-hydrogen) atoms. The molecule has 8 nitrogen and oxygen atoms in total. The van der Waals surface area contributed by atoms with Gasteiger partial charge in [0.05, 0.1) is 17.8 Å². The summed E-state index contributed by atoms with van der Waals surface area (Å²) in [4.78, 5) is 62.4. The van der Waals surface area contributed by atoms with Crippen molar-refractivity contribution in [3.8, 4) is 22.5 Å². The Morgan fingerprint density at radius 2 is 1.20 bits per heavy atom. The summed E-state index contributed by atoms with van der Waals surface area (Å²) >= 11 is 5.88. The third-order valence-corrected chi connectivity index (χ3v) is 9.06. The molecule has 0 radical (unpaired) electrons. The van der Waals surface area contributed by atoms with Gasteiger partial charge in [0.25, 0.3) is 11.8 Å². The number of rotatable bonds is 8. The number of piperidine rings is 1. The Kier molecular flexibility index (Phi) is 9.66. The zero-order chi connectivity index (χ0) is 32.0. The number of likely N-dealkylation sites (tertiary alicyclic amines) is 1. The monoisotopic (exact) mass is 634 g/mol. The van der Waals surface area contributed by atoms with Crippen LogP contribution in [-0.4, -0.2) is 88.4 Å². The zero-order valence-electron chi connectivity index (χ0n) is 25.5. The van der Waals surface area contributed by atoms with Crippen LogP contribution in [0.25, 0.3) is 22.5 Å². The molecule has 3 heterocycles. The maximum absolute atomic E-state index is 13.8. The fraction of sp³-hybridized carbons (Fsp3) is 0.270. The average Bonchev–Trinajstić information content (AvgIpc) is 3.12. The Balaban J connectivity index is 1.04. The predicted molar refractivity (Wildman–Crippen MR) is 178 cm³/mol. The number of benzene rings is 3. The molecule has 4 aromatic rings. The van der Waals surface area contributed by atoms with Crippen molar-refractivity contribution in [1.29, 1.82) is 0 Å². The van der Waals surface area contributed by atoms with E-state index in [0.717, 1.165) is 48.4 Å². The van der Waals surface area contributed by atoms with E-state index in [1.165, 1.54) is 0 Å². The largest absolute Gasteiger partial charge is 0.336 e. The molecular weight excluding hydrogens is 600 g/mol.